The van der Waals surface area contributed by atoms with Gasteiger partial charge in [-0.1, -0.05) is 36.4 Å². The number of aryl methyl sites for hydroxylation is 1. The van der Waals surface area contributed by atoms with Gasteiger partial charge < -0.3 is 4.74 Å². The van der Waals surface area contributed by atoms with Crippen LogP contribution >= 0.6 is 0 Å². The van der Waals surface area contributed by atoms with Crippen LogP contribution in [0.5, 0.6) is 5.75 Å². The molecule has 0 unspecified atom stereocenters. The highest BCUT2D eigenvalue weighted by molar-refractivity contribution is 5.94. The SMILES string of the molecule is COc1ccc2c(c1)CCC(c1ccc(C(C)=O)cc1)=C2. The first-order chi connectivity index (χ1) is 10.2. The van der Waals surface area contributed by atoms with Crippen LogP contribution in [0.1, 0.15) is 40.4 Å². The summed E-state index contributed by atoms with van der Waals surface area (Å²) in [6.07, 6.45) is 4.27. The van der Waals surface area contributed by atoms with Crippen molar-refractivity contribution in [2.75, 3.05) is 7.11 Å². The van der Waals surface area contributed by atoms with Gasteiger partial charge >= 0.3 is 0 Å². The molecule has 0 saturated carbocycles. The molecule has 0 bridgehead atoms. The van der Waals surface area contributed by atoms with Crippen LogP contribution in [0.25, 0.3) is 11.6 Å². The Bertz CT molecular complexity index is 709. The molecule has 0 saturated heterocycles. The Labute approximate surface area is 125 Å². The van der Waals surface area contributed by atoms with E-state index in [1.54, 1.807) is 14.0 Å². The van der Waals surface area contributed by atoms with E-state index in [-0.39, 0.29) is 5.78 Å². The van der Waals surface area contributed by atoms with Crippen molar-refractivity contribution in [3.05, 3.63) is 64.7 Å². The summed E-state index contributed by atoms with van der Waals surface area (Å²) in [5, 5.41) is 0. The van der Waals surface area contributed by atoms with Crippen molar-refractivity contribution in [2.24, 2.45) is 0 Å². The third kappa shape index (κ3) is 2.75. The topological polar surface area (TPSA) is 26.3 Å². The molecule has 0 fully saturated rings. The zero-order chi connectivity index (χ0) is 14.8. The monoisotopic (exact) mass is 278 g/mol. The summed E-state index contributed by atoms with van der Waals surface area (Å²) in [5.74, 6) is 1.02. The number of allylic oxidation sites excluding steroid dienone is 1. The van der Waals surface area contributed by atoms with E-state index in [0.29, 0.717) is 0 Å². The average molecular weight is 278 g/mol. The van der Waals surface area contributed by atoms with Gasteiger partial charge in [0.15, 0.2) is 5.78 Å². The molecule has 2 aromatic rings. The largest absolute Gasteiger partial charge is 0.497 e. The number of ether oxygens (including phenoxy) is 1. The smallest absolute Gasteiger partial charge is 0.159 e. The number of hydrogen-bond donors (Lipinski definition) is 0. The molecule has 0 aliphatic heterocycles. The fourth-order valence-electron chi connectivity index (χ4n) is 2.74. The molecule has 21 heavy (non-hydrogen) atoms. The molecule has 106 valence electrons. The zero-order valence-corrected chi connectivity index (χ0v) is 12.3. The Hall–Kier alpha value is -2.35. The van der Waals surface area contributed by atoms with Gasteiger partial charge in [-0.25, -0.2) is 0 Å². The quantitative estimate of drug-likeness (QED) is 0.779. The van der Waals surface area contributed by atoms with E-state index in [1.807, 2.05) is 30.3 Å². The summed E-state index contributed by atoms with van der Waals surface area (Å²) in [6.45, 7) is 1.60. The molecule has 1 aliphatic carbocycles. The van der Waals surface area contributed by atoms with Crippen molar-refractivity contribution < 1.29 is 9.53 Å². The molecule has 2 nitrogen and oxygen atoms in total. The molecule has 0 heterocycles. The number of methoxy groups -OCH3 is 1. The van der Waals surface area contributed by atoms with Gasteiger partial charge in [0, 0.05) is 5.56 Å². The molecule has 0 aromatic heterocycles. The molecular weight excluding hydrogens is 260 g/mol. The van der Waals surface area contributed by atoms with E-state index >= 15 is 0 Å². The lowest BCUT2D eigenvalue weighted by Gasteiger charge is -2.17. The number of fused-ring (bicyclic) bond motifs is 1. The van der Waals surface area contributed by atoms with Crippen LogP contribution in [0.3, 0.4) is 0 Å². The second-order valence-electron chi connectivity index (χ2n) is 5.37. The Morgan fingerprint density at radius 2 is 1.81 bits per heavy atom. The number of ketones is 1. The highest BCUT2D eigenvalue weighted by Gasteiger charge is 2.13. The maximum atomic E-state index is 11.3. The highest BCUT2D eigenvalue weighted by atomic mass is 16.5. The molecule has 3 rings (SSSR count). The first kappa shape index (κ1) is 13.6. The summed E-state index contributed by atoms with van der Waals surface area (Å²) in [5.41, 5.74) is 5.87. The third-order valence-corrected chi connectivity index (χ3v) is 4.01. The molecule has 0 radical (unpaired) electrons. The summed E-state index contributed by atoms with van der Waals surface area (Å²) < 4.78 is 5.27. The molecule has 0 amide bonds. The molecule has 2 heteroatoms. The first-order valence-corrected chi connectivity index (χ1v) is 7.16. The van der Waals surface area contributed by atoms with Crippen LogP contribution in [0, 0.1) is 0 Å². The summed E-state index contributed by atoms with van der Waals surface area (Å²) in [6, 6.07) is 14.1. The Morgan fingerprint density at radius 1 is 1.05 bits per heavy atom. The molecule has 0 spiro atoms. The number of Topliss-reactive ketones (excluding diaryl/α,β-unsaturated/α-hetero) is 1. The van der Waals surface area contributed by atoms with Gasteiger partial charge in [-0.05, 0) is 54.2 Å². The fraction of sp³-hybridized carbons (Fsp3) is 0.211. The van der Waals surface area contributed by atoms with Crippen molar-refractivity contribution in [3.63, 3.8) is 0 Å². The lowest BCUT2D eigenvalue weighted by Crippen LogP contribution is -2.00. The standard InChI is InChI=1S/C19H18O2/c1-13(20)14-3-5-15(6-4-14)16-7-8-18-12-19(21-2)10-9-17(18)11-16/h3-6,9-12H,7-8H2,1-2H3. The molecule has 0 atom stereocenters. The number of rotatable bonds is 3. The van der Waals surface area contributed by atoms with Gasteiger partial charge in [0.2, 0.25) is 0 Å². The molecular formula is C19H18O2. The second kappa shape index (κ2) is 5.57. The van der Waals surface area contributed by atoms with Crippen molar-refractivity contribution in [3.8, 4) is 5.75 Å². The van der Waals surface area contributed by atoms with E-state index in [4.69, 9.17) is 4.74 Å². The zero-order valence-electron chi connectivity index (χ0n) is 12.3. The fourth-order valence-corrected chi connectivity index (χ4v) is 2.74. The highest BCUT2D eigenvalue weighted by Crippen LogP contribution is 2.32. The minimum absolute atomic E-state index is 0.108. The van der Waals surface area contributed by atoms with Crippen LogP contribution in [-0.4, -0.2) is 12.9 Å². The molecule has 2 aromatic carbocycles. The lowest BCUT2D eigenvalue weighted by atomic mass is 9.88. The van der Waals surface area contributed by atoms with E-state index < -0.39 is 0 Å². The van der Waals surface area contributed by atoms with Crippen LogP contribution < -0.4 is 4.74 Å². The number of carbonyl (C=O) groups is 1. The van der Waals surface area contributed by atoms with Gasteiger partial charge in [0.05, 0.1) is 7.11 Å². The van der Waals surface area contributed by atoms with Crippen LogP contribution in [0.2, 0.25) is 0 Å². The van der Waals surface area contributed by atoms with Crippen molar-refractivity contribution in [1.29, 1.82) is 0 Å². The molecule has 1 aliphatic rings. The van der Waals surface area contributed by atoms with Crippen LogP contribution in [0.4, 0.5) is 0 Å². The lowest BCUT2D eigenvalue weighted by molar-refractivity contribution is 0.101. The average Bonchev–Trinajstić information content (AvgIpc) is 2.54. The maximum absolute atomic E-state index is 11.3. The Morgan fingerprint density at radius 3 is 2.48 bits per heavy atom. The van der Waals surface area contributed by atoms with Gasteiger partial charge in [0.25, 0.3) is 0 Å². The van der Waals surface area contributed by atoms with Crippen molar-refractivity contribution in [2.45, 2.75) is 19.8 Å². The van der Waals surface area contributed by atoms with Gasteiger partial charge in [-0.3, -0.25) is 4.79 Å². The second-order valence-corrected chi connectivity index (χ2v) is 5.37. The van der Waals surface area contributed by atoms with Gasteiger partial charge in [-0.2, -0.15) is 0 Å². The third-order valence-electron chi connectivity index (χ3n) is 4.01. The van der Waals surface area contributed by atoms with Gasteiger partial charge in [0.1, 0.15) is 5.75 Å². The van der Waals surface area contributed by atoms with E-state index in [0.717, 1.165) is 24.2 Å². The molecule has 0 N–H and O–H groups in total. The normalized spacial score (nSPS) is 13.3. The van der Waals surface area contributed by atoms with Crippen LogP contribution in [0.15, 0.2) is 42.5 Å². The summed E-state index contributed by atoms with van der Waals surface area (Å²) in [7, 11) is 1.70. The van der Waals surface area contributed by atoms with Crippen LogP contribution in [-0.2, 0) is 6.42 Å². The predicted octanol–water partition coefficient (Wildman–Crippen LogP) is 4.38. The van der Waals surface area contributed by atoms with Gasteiger partial charge in [-0.15, -0.1) is 0 Å². The minimum Gasteiger partial charge on any atom is -0.497 e. The Kier molecular flexibility index (Phi) is 3.61. The number of carbonyl (C=O) groups excluding carboxylic acids is 1. The minimum atomic E-state index is 0.108. The summed E-state index contributed by atoms with van der Waals surface area (Å²) in [4.78, 5) is 11.3. The van der Waals surface area contributed by atoms with E-state index in [1.165, 1.54) is 22.3 Å². The van der Waals surface area contributed by atoms with E-state index in [2.05, 4.69) is 18.2 Å². The van der Waals surface area contributed by atoms with Crippen molar-refractivity contribution in [1.82, 2.24) is 0 Å². The number of hydrogen-bond acceptors (Lipinski definition) is 2. The maximum Gasteiger partial charge on any atom is 0.159 e. The summed E-state index contributed by atoms with van der Waals surface area (Å²) >= 11 is 0. The van der Waals surface area contributed by atoms with Crippen molar-refractivity contribution >= 4 is 17.4 Å². The number of benzene rings is 2. The Balaban J connectivity index is 1.92. The predicted molar refractivity (Wildman–Crippen MR) is 85.6 cm³/mol. The van der Waals surface area contributed by atoms with E-state index in [9.17, 15) is 4.79 Å². The first-order valence-electron chi connectivity index (χ1n) is 7.16.